The smallest absolute Gasteiger partial charge is 0.246 e. The van der Waals surface area contributed by atoms with E-state index in [-0.39, 0.29) is 11.8 Å². The Hall–Kier alpha value is -1.91. The molecule has 1 aromatic rings. The molecule has 1 aliphatic heterocycles. The highest BCUT2D eigenvalue weighted by Crippen LogP contribution is 2.27. The lowest BCUT2D eigenvalue weighted by molar-refractivity contribution is -0.157. The van der Waals surface area contributed by atoms with Gasteiger partial charge >= 0.3 is 0 Å². The van der Waals surface area contributed by atoms with Crippen LogP contribution < -0.4 is 5.32 Å². The second kappa shape index (κ2) is 5.23. The van der Waals surface area contributed by atoms with Crippen LogP contribution in [-0.2, 0) is 16.1 Å². The summed E-state index contributed by atoms with van der Waals surface area (Å²) in [5.74, 6) is -0.153. The van der Waals surface area contributed by atoms with Crippen LogP contribution >= 0.6 is 0 Å². The third kappa shape index (κ3) is 2.28. The predicted octanol–water partition coefficient (Wildman–Crippen LogP) is 1.41. The average Bonchev–Trinajstić information content (AvgIpc) is 2.43. The van der Waals surface area contributed by atoms with Crippen molar-refractivity contribution in [2.24, 2.45) is 0 Å². The minimum Gasteiger partial charge on any atom is -0.343 e. The minimum absolute atomic E-state index is 0.0565. The molecule has 2 atom stereocenters. The quantitative estimate of drug-likeness (QED) is 0.907. The summed E-state index contributed by atoms with van der Waals surface area (Å²) in [7, 11) is 0. The first kappa shape index (κ1) is 14.5. The summed E-state index contributed by atoms with van der Waals surface area (Å²) in [6.07, 6.45) is 2.28. The molecule has 2 rings (SSSR count). The standard InChI is InChI=1S/C15H21N3O2/c1-5-15(4)14(20)17-11(3)13(19)18(15)9-12-10(2)7-6-8-16-12/h6-8,11H,5,9H2,1-4H3,(H,17,20). The zero-order valence-corrected chi connectivity index (χ0v) is 12.4. The molecule has 0 aromatic carbocycles. The number of piperazine rings is 1. The Kier molecular flexibility index (Phi) is 3.79. The Labute approximate surface area is 119 Å². The summed E-state index contributed by atoms with van der Waals surface area (Å²) in [4.78, 5) is 30.7. The van der Waals surface area contributed by atoms with Gasteiger partial charge in [0.1, 0.15) is 11.6 Å². The van der Waals surface area contributed by atoms with Crippen molar-refractivity contribution < 1.29 is 9.59 Å². The topological polar surface area (TPSA) is 62.3 Å². The zero-order valence-electron chi connectivity index (χ0n) is 12.4. The molecule has 0 bridgehead atoms. The minimum atomic E-state index is -0.812. The Morgan fingerprint density at radius 2 is 2.15 bits per heavy atom. The van der Waals surface area contributed by atoms with E-state index in [4.69, 9.17) is 0 Å². The number of rotatable bonds is 3. The second-order valence-corrected chi connectivity index (χ2v) is 5.51. The molecule has 0 saturated carbocycles. The maximum Gasteiger partial charge on any atom is 0.246 e. The lowest BCUT2D eigenvalue weighted by atomic mass is 9.90. The number of nitrogens with zero attached hydrogens (tertiary/aromatic N) is 2. The summed E-state index contributed by atoms with van der Waals surface area (Å²) < 4.78 is 0. The number of amides is 2. The molecule has 5 heteroatoms. The van der Waals surface area contributed by atoms with Crippen LogP contribution in [0.1, 0.15) is 38.4 Å². The van der Waals surface area contributed by atoms with Gasteiger partial charge in [-0.3, -0.25) is 14.6 Å². The number of pyridine rings is 1. The van der Waals surface area contributed by atoms with Crippen LogP contribution in [0.3, 0.4) is 0 Å². The second-order valence-electron chi connectivity index (χ2n) is 5.51. The first-order valence-electron chi connectivity index (χ1n) is 6.93. The van der Waals surface area contributed by atoms with E-state index in [1.165, 1.54) is 0 Å². The van der Waals surface area contributed by atoms with Gasteiger partial charge in [0.25, 0.3) is 0 Å². The average molecular weight is 275 g/mol. The van der Waals surface area contributed by atoms with Crippen molar-refractivity contribution in [3.05, 3.63) is 29.6 Å². The van der Waals surface area contributed by atoms with Crippen LogP contribution in [0.25, 0.3) is 0 Å². The molecule has 0 spiro atoms. The van der Waals surface area contributed by atoms with Crippen molar-refractivity contribution in [2.45, 2.75) is 52.2 Å². The Bertz CT molecular complexity index is 544. The normalized spacial score (nSPS) is 26.6. The molecular formula is C15H21N3O2. The largest absolute Gasteiger partial charge is 0.343 e. The van der Waals surface area contributed by atoms with E-state index >= 15 is 0 Å². The number of carbonyl (C=O) groups is 2. The number of hydrogen-bond acceptors (Lipinski definition) is 3. The first-order valence-corrected chi connectivity index (χ1v) is 6.93. The van der Waals surface area contributed by atoms with Crippen LogP contribution in [0.2, 0.25) is 0 Å². The van der Waals surface area contributed by atoms with Crippen molar-refractivity contribution in [1.82, 2.24) is 15.2 Å². The highest BCUT2D eigenvalue weighted by atomic mass is 16.2. The molecular weight excluding hydrogens is 254 g/mol. The number of nitrogens with one attached hydrogen (secondary N) is 1. The van der Waals surface area contributed by atoms with Gasteiger partial charge in [-0.1, -0.05) is 13.0 Å². The molecule has 5 nitrogen and oxygen atoms in total. The van der Waals surface area contributed by atoms with Crippen LogP contribution in [0.5, 0.6) is 0 Å². The van der Waals surface area contributed by atoms with E-state index in [0.717, 1.165) is 11.3 Å². The first-order chi connectivity index (χ1) is 9.40. The van der Waals surface area contributed by atoms with E-state index in [1.54, 1.807) is 18.0 Å². The molecule has 2 amide bonds. The van der Waals surface area contributed by atoms with Gasteiger partial charge in [-0.15, -0.1) is 0 Å². The van der Waals surface area contributed by atoms with Gasteiger partial charge in [-0.05, 0) is 38.8 Å². The highest BCUT2D eigenvalue weighted by Gasteiger charge is 2.47. The van der Waals surface area contributed by atoms with Gasteiger partial charge in [0, 0.05) is 6.20 Å². The van der Waals surface area contributed by atoms with Crippen molar-refractivity contribution in [1.29, 1.82) is 0 Å². The lowest BCUT2D eigenvalue weighted by Gasteiger charge is -2.45. The fourth-order valence-electron chi connectivity index (χ4n) is 2.45. The Morgan fingerprint density at radius 3 is 2.75 bits per heavy atom. The van der Waals surface area contributed by atoms with E-state index in [9.17, 15) is 9.59 Å². The van der Waals surface area contributed by atoms with Crippen LogP contribution in [0, 0.1) is 6.92 Å². The van der Waals surface area contributed by atoms with Gasteiger partial charge in [0.15, 0.2) is 0 Å². The number of carbonyl (C=O) groups excluding carboxylic acids is 2. The van der Waals surface area contributed by atoms with Gasteiger partial charge in [-0.2, -0.15) is 0 Å². The zero-order chi connectivity index (χ0) is 14.9. The number of hydrogen-bond donors (Lipinski definition) is 1. The third-order valence-electron chi connectivity index (χ3n) is 4.18. The van der Waals surface area contributed by atoms with Crippen LogP contribution in [0.4, 0.5) is 0 Å². The fourth-order valence-corrected chi connectivity index (χ4v) is 2.45. The van der Waals surface area contributed by atoms with Gasteiger partial charge in [0.2, 0.25) is 11.8 Å². The van der Waals surface area contributed by atoms with Gasteiger partial charge in [0.05, 0.1) is 12.2 Å². The molecule has 20 heavy (non-hydrogen) atoms. The van der Waals surface area contributed by atoms with Crippen molar-refractivity contribution in [2.75, 3.05) is 0 Å². The summed E-state index contributed by atoms with van der Waals surface area (Å²) in [6.45, 7) is 7.77. The lowest BCUT2D eigenvalue weighted by Crippen LogP contribution is -2.68. The molecule has 0 radical (unpaired) electrons. The van der Waals surface area contributed by atoms with E-state index in [1.807, 2.05) is 32.9 Å². The monoisotopic (exact) mass is 275 g/mol. The molecule has 1 aliphatic rings. The number of aromatic nitrogens is 1. The van der Waals surface area contributed by atoms with E-state index in [0.29, 0.717) is 13.0 Å². The van der Waals surface area contributed by atoms with Gasteiger partial charge < -0.3 is 10.2 Å². The predicted molar refractivity (Wildman–Crippen MR) is 75.8 cm³/mol. The van der Waals surface area contributed by atoms with Crippen molar-refractivity contribution in [3.63, 3.8) is 0 Å². The molecule has 2 heterocycles. The Balaban J connectivity index is 2.37. The fraction of sp³-hybridized carbons (Fsp3) is 0.533. The maximum atomic E-state index is 12.4. The van der Waals surface area contributed by atoms with E-state index < -0.39 is 11.6 Å². The number of aryl methyl sites for hydroxylation is 1. The molecule has 1 saturated heterocycles. The highest BCUT2D eigenvalue weighted by molar-refractivity contribution is 5.99. The molecule has 1 fully saturated rings. The van der Waals surface area contributed by atoms with Crippen molar-refractivity contribution in [3.8, 4) is 0 Å². The molecule has 0 aliphatic carbocycles. The third-order valence-corrected chi connectivity index (χ3v) is 4.18. The molecule has 2 unspecified atom stereocenters. The molecule has 108 valence electrons. The van der Waals surface area contributed by atoms with Crippen molar-refractivity contribution >= 4 is 11.8 Å². The van der Waals surface area contributed by atoms with Crippen LogP contribution in [-0.4, -0.2) is 33.3 Å². The van der Waals surface area contributed by atoms with Crippen LogP contribution in [0.15, 0.2) is 18.3 Å². The summed E-state index contributed by atoms with van der Waals surface area (Å²) >= 11 is 0. The summed E-state index contributed by atoms with van der Waals surface area (Å²) in [6, 6.07) is 3.35. The summed E-state index contributed by atoms with van der Waals surface area (Å²) in [5.41, 5.74) is 1.05. The molecule has 1 N–H and O–H groups in total. The Morgan fingerprint density at radius 1 is 1.45 bits per heavy atom. The SMILES string of the molecule is CCC1(C)C(=O)NC(C)C(=O)N1Cc1ncccc1C. The van der Waals surface area contributed by atoms with Gasteiger partial charge in [-0.25, -0.2) is 0 Å². The maximum absolute atomic E-state index is 12.4. The van der Waals surface area contributed by atoms with E-state index in [2.05, 4.69) is 10.3 Å². The summed E-state index contributed by atoms with van der Waals surface area (Å²) in [5, 5.41) is 2.75. The molecule has 1 aromatic heterocycles.